The second-order valence-corrected chi connectivity index (χ2v) is 13.2. The van der Waals surface area contributed by atoms with Gasteiger partial charge in [-0.3, -0.25) is 13.9 Å². The van der Waals surface area contributed by atoms with E-state index in [-0.39, 0.29) is 24.9 Å². The Balaban J connectivity index is 1.71. The van der Waals surface area contributed by atoms with Gasteiger partial charge in [-0.05, 0) is 60.4 Å². The first-order valence-corrected chi connectivity index (χ1v) is 16.3. The molecule has 1 N–H and O–H groups in total. The lowest BCUT2D eigenvalue weighted by Gasteiger charge is -2.35. The topological polar surface area (TPSA) is 86.8 Å². The van der Waals surface area contributed by atoms with Crippen LogP contribution in [0.4, 0.5) is 5.69 Å². The number of nitrogens with one attached hydrogen (secondary N) is 1. The van der Waals surface area contributed by atoms with Crippen LogP contribution in [0, 0.1) is 0 Å². The van der Waals surface area contributed by atoms with E-state index < -0.39 is 28.5 Å². The Morgan fingerprint density at radius 3 is 2.17 bits per heavy atom. The minimum absolute atomic E-state index is 0.0410. The molecule has 0 aliphatic heterocycles. The molecule has 1 fully saturated rings. The lowest BCUT2D eigenvalue weighted by Crippen LogP contribution is -2.55. The molecule has 0 saturated heterocycles. The normalized spacial score (nSPS) is 14.7. The number of amides is 2. The van der Waals surface area contributed by atoms with Crippen LogP contribution < -0.4 is 9.62 Å². The highest BCUT2D eigenvalue weighted by Crippen LogP contribution is 2.24. The number of carbonyl (C=O) groups is 2. The van der Waals surface area contributed by atoms with Crippen LogP contribution in [0.5, 0.6) is 0 Å². The highest BCUT2D eigenvalue weighted by molar-refractivity contribution is 7.92. The van der Waals surface area contributed by atoms with Crippen LogP contribution >= 0.6 is 23.2 Å². The van der Waals surface area contributed by atoms with Gasteiger partial charge in [-0.1, -0.05) is 84.9 Å². The summed E-state index contributed by atoms with van der Waals surface area (Å²) in [5, 5.41) is 4.13. The van der Waals surface area contributed by atoms with E-state index in [0.717, 1.165) is 53.8 Å². The van der Waals surface area contributed by atoms with Gasteiger partial charge in [-0.15, -0.1) is 0 Å². The van der Waals surface area contributed by atoms with Crippen molar-refractivity contribution in [3.63, 3.8) is 0 Å². The highest BCUT2D eigenvalue weighted by atomic mass is 35.5. The van der Waals surface area contributed by atoms with Gasteiger partial charge in [0.15, 0.2) is 0 Å². The minimum Gasteiger partial charge on any atom is -0.352 e. The lowest BCUT2D eigenvalue weighted by atomic mass is 9.94. The maximum absolute atomic E-state index is 14.1. The number of hydrogen-bond donors (Lipinski definition) is 1. The zero-order chi connectivity index (χ0) is 29.4. The summed E-state index contributed by atoms with van der Waals surface area (Å²) in [5.41, 5.74) is 1.92. The molecule has 0 spiro atoms. The largest absolute Gasteiger partial charge is 0.352 e. The van der Waals surface area contributed by atoms with Gasteiger partial charge in [0.2, 0.25) is 21.8 Å². The van der Waals surface area contributed by atoms with E-state index in [2.05, 4.69) is 5.32 Å². The number of hydrogen-bond acceptors (Lipinski definition) is 4. The van der Waals surface area contributed by atoms with E-state index in [0.29, 0.717) is 15.7 Å². The standard InChI is InChI=1S/C31H35Cl2N3O4S/c1-41(39,40)36(28-17-15-25(32)16-18-28)22-30(37)35(21-24-11-8-12-26(33)19-24)29(20-23-9-4-2-5-10-23)31(38)34-27-13-6-3-7-14-27/h2,4-5,8-12,15-19,27,29H,3,6-7,13-14,20-22H2,1H3,(H,34,38)/t29-/m1/s1. The third-order valence-electron chi connectivity index (χ3n) is 7.26. The molecule has 4 rings (SSSR count). The molecule has 0 heterocycles. The summed E-state index contributed by atoms with van der Waals surface area (Å²) < 4.78 is 26.8. The summed E-state index contributed by atoms with van der Waals surface area (Å²) in [6, 6.07) is 22.0. The maximum Gasteiger partial charge on any atom is 0.244 e. The molecule has 10 heteroatoms. The molecule has 1 saturated carbocycles. The molecule has 2 amide bonds. The van der Waals surface area contributed by atoms with Crippen molar-refractivity contribution in [2.75, 3.05) is 17.1 Å². The van der Waals surface area contributed by atoms with Gasteiger partial charge >= 0.3 is 0 Å². The molecule has 3 aromatic rings. The van der Waals surface area contributed by atoms with E-state index >= 15 is 0 Å². The van der Waals surface area contributed by atoms with E-state index in [1.54, 1.807) is 42.5 Å². The number of halogens is 2. The van der Waals surface area contributed by atoms with Crippen LogP contribution in [-0.2, 0) is 32.6 Å². The average Bonchev–Trinajstić information content (AvgIpc) is 2.94. The number of sulfonamides is 1. The quantitative estimate of drug-likeness (QED) is 0.293. The average molecular weight is 617 g/mol. The maximum atomic E-state index is 14.1. The predicted molar refractivity (Wildman–Crippen MR) is 165 cm³/mol. The second-order valence-electron chi connectivity index (χ2n) is 10.4. The van der Waals surface area contributed by atoms with Crippen molar-refractivity contribution >= 4 is 50.7 Å². The Kier molecular flexibility index (Phi) is 10.7. The first kappa shape index (κ1) is 30.9. The van der Waals surface area contributed by atoms with E-state index in [1.807, 2.05) is 36.4 Å². The van der Waals surface area contributed by atoms with E-state index in [4.69, 9.17) is 23.2 Å². The van der Waals surface area contributed by atoms with Crippen molar-refractivity contribution in [3.05, 3.63) is 100 Å². The van der Waals surface area contributed by atoms with Gasteiger partial charge in [0.05, 0.1) is 11.9 Å². The monoisotopic (exact) mass is 615 g/mol. The first-order chi connectivity index (χ1) is 19.6. The molecule has 0 unspecified atom stereocenters. The van der Waals surface area contributed by atoms with Gasteiger partial charge < -0.3 is 10.2 Å². The molecule has 0 radical (unpaired) electrons. The van der Waals surface area contributed by atoms with Crippen molar-refractivity contribution < 1.29 is 18.0 Å². The molecule has 41 heavy (non-hydrogen) atoms. The smallest absolute Gasteiger partial charge is 0.244 e. The Morgan fingerprint density at radius 1 is 0.878 bits per heavy atom. The lowest BCUT2D eigenvalue weighted by molar-refractivity contribution is -0.140. The summed E-state index contributed by atoms with van der Waals surface area (Å²) in [5.74, 6) is -0.765. The van der Waals surface area contributed by atoms with Crippen LogP contribution in [0.3, 0.4) is 0 Å². The molecule has 1 aliphatic rings. The number of nitrogens with zero attached hydrogens (tertiary/aromatic N) is 2. The zero-order valence-corrected chi connectivity index (χ0v) is 25.3. The van der Waals surface area contributed by atoms with Gasteiger partial charge in [0, 0.05) is 29.1 Å². The Hall–Kier alpha value is -3.07. The summed E-state index contributed by atoms with van der Waals surface area (Å²) in [7, 11) is -3.85. The Labute approximate surface area is 252 Å². The van der Waals surface area contributed by atoms with Gasteiger partial charge in [-0.25, -0.2) is 8.42 Å². The van der Waals surface area contributed by atoms with Crippen LogP contribution in [-0.4, -0.2) is 50.0 Å². The van der Waals surface area contributed by atoms with E-state index in [1.165, 1.54) is 4.90 Å². The highest BCUT2D eigenvalue weighted by Gasteiger charge is 2.34. The molecule has 218 valence electrons. The minimum atomic E-state index is -3.85. The van der Waals surface area contributed by atoms with Crippen LogP contribution in [0.15, 0.2) is 78.9 Å². The fourth-order valence-corrected chi connectivity index (χ4v) is 6.34. The van der Waals surface area contributed by atoms with Crippen molar-refractivity contribution in [2.45, 2.75) is 57.2 Å². The second kappa shape index (κ2) is 14.2. The van der Waals surface area contributed by atoms with Crippen molar-refractivity contribution in [2.24, 2.45) is 0 Å². The molecule has 0 aromatic heterocycles. The molecule has 7 nitrogen and oxygen atoms in total. The predicted octanol–water partition coefficient (Wildman–Crippen LogP) is 5.85. The summed E-state index contributed by atoms with van der Waals surface area (Å²) in [4.78, 5) is 29.5. The van der Waals surface area contributed by atoms with Crippen molar-refractivity contribution in [1.29, 1.82) is 0 Å². The van der Waals surface area contributed by atoms with Crippen molar-refractivity contribution in [3.8, 4) is 0 Å². The number of benzene rings is 3. The van der Waals surface area contributed by atoms with Crippen LogP contribution in [0.25, 0.3) is 0 Å². The van der Waals surface area contributed by atoms with Gasteiger partial charge in [0.1, 0.15) is 12.6 Å². The molecule has 1 atom stereocenters. The summed E-state index contributed by atoms with van der Waals surface area (Å²) in [6.07, 6.45) is 6.34. The molecule has 1 aliphatic carbocycles. The fourth-order valence-electron chi connectivity index (χ4n) is 5.15. The Bertz CT molecular complexity index is 1430. The zero-order valence-electron chi connectivity index (χ0n) is 23.0. The molecular weight excluding hydrogens is 581 g/mol. The molecular formula is C31H35Cl2N3O4S. The molecule has 0 bridgehead atoms. The number of anilines is 1. The van der Waals surface area contributed by atoms with E-state index in [9.17, 15) is 18.0 Å². The van der Waals surface area contributed by atoms with Crippen LogP contribution in [0.1, 0.15) is 43.2 Å². The van der Waals surface area contributed by atoms with Gasteiger partial charge in [0.25, 0.3) is 0 Å². The van der Waals surface area contributed by atoms with Crippen LogP contribution in [0.2, 0.25) is 10.0 Å². The SMILES string of the molecule is CS(=O)(=O)N(CC(=O)N(Cc1cccc(Cl)c1)[C@H](Cc1ccccc1)C(=O)NC1CCCCC1)c1ccc(Cl)cc1. The fraction of sp³-hybridized carbons (Fsp3) is 0.355. The third kappa shape index (κ3) is 8.96. The Morgan fingerprint density at radius 2 is 1.54 bits per heavy atom. The summed E-state index contributed by atoms with van der Waals surface area (Å²) in [6.45, 7) is -0.407. The number of rotatable bonds is 11. The number of carbonyl (C=O) groups excluding carboxylic acids is 2. The van der Waals surface area contributed by atoms with Crippen molar-refractivity contribution in [1.82, 2.24) is 10.2 Å². The summed E-state index contributed by atoms with van der Waals surface area (Å²) >= 11 is 12.3. The molecule has 3 aromatic carbocycles. The third-order valence-corrected chi connectivity index (χ3v) is 8.89. The van der Waals surface area contributed by atoms with Gasteiger partial charge in [-0.2, -0.15) is 0 Å². The first-order valence-electron chi connectivity index (χ1n) is 13.7.